The Balaban J connectivity index is 1.33. The summed E-state index contributed by atoms with van der Waals surface area (Å²) in [6.45, 7) is 7.44. The lowest BCUT2D eigenvalue weighted by Crippen LogP contribution is -2.48. The fourth-order valence-corrected chi connectivity index (χ4v) is 3.92. The normalized spacial score (nSPS) is 22.0. The van der Waals surface area contributed by atoms with Crippen LogP contribution < -0.4 is 5.32 Å². The number of likely N-dealkylation sites (N-methyl/N-ethyl adjacent to an activating group) is 1. The maximum atomic E-state index is 12.3. The molecular formula is C21H33N3O2. The lowest BCUT2D eigenvalue weighted by molar-refractivity contribution is -0.123. The molecule has 2 fully saturated rings. The van der Waals surface area contributed by atoms with Gasteiger partial charge in [-0.3, -0.25) is 9.69 Å². The van der Waals surface area contributed by atoms with E-state index in [0.717, 1.165) is 45.6 Å². The summed E-state index contributed by atoms with van der Waals surface area (Å²) in [6, 6.07) is 8.82. The van der Waals surface area contributed by atoms with E-state index < -0.39 is 0 Å². The Morgan fingerprint density at radius 3 is 2.62 bits per heavy atom. The van der Waals surface area contributed by atoms with E-state index in [1.807, 2.05) is 7.05 Å². The molecule has 2 heterocycles. The second-order valence-electron chi connectivity index (χ2n) is 7.94. The number of carbonyl (C=O) groups excluding carboxylic acids is 1. The number of carbonyl (C=O) groups is 1. The fraction of sp³-hybridized carbons (Fsp3) is 0.667. The summed E-state index contributed by atoms with van der Waals surface area (Å²) >= 11 is 0. The number of likely N-dealkylation sites (tertiary alicyclic amines) is 1. The van der Waals surface area contributed by atoms with Crippen LogP contribution in [0.2, 0.25) is 0 Å². The molecule has 144 valence electrons. The zero-order valence-corrected chi connectivity index (χ0v) is 16.2. The van der Waals surface area contributed by atoms with Crippen LogP contribution in [0.25, 0.3) is 0 Å². The molecule has 1 unspecified atom stereocenters. The predicted molar refractivity (Wildman–Crippen MR) is 104 cm³/mol. The van der Waals surface area contributed by atoms with E-state index in [0.29, 0.717) is 18.7 Å². The van der Waals surface area contributed by atoms with E-state index in [1.165, 1.54) is 24.0 Å². The van der Waals surface area contributed by atoms with Crippen LogP contribution in [-0.2, 0) is 16.1 Å². The van der Waals surface area contributed by atoms with Crippen LogP contribution in [0.5, 0.6) is 0 Å². The third-order valence-electron chi connectivity index (χ3n) is 5.43. The second-order valence-corrected chi connectivity index (χ2v) is 7.94. The van der Waals surface area contributed by atoms with Gasteiger partial charge in [0.05, 0.1) is 12.6 Å². The van der Waals surface area contributed by atoms with Crippen LogP contribution in [0.4, 0.5) is 0 Å². The van der Waals surface area contributed by atoms with Crippen LogP contribution >= 0.6 is 0 Å². The van der Waals surface area contributed by atoms with Crippen molar-refractivity contribution in [2.45, 2.75) is 51.3 Å². The number of hydrogen-bond donors (Lipinski definition) is 1. The molecule has 26 heavy (non-hydrogen) atoms. The molecule has 0 saturated carbocycles. The largest absolute Gasteiger partial charge is 0.377 e. The molecule has 5 heteroatoms. The molecule has 0 radical (unpaired) electrons. The van der Waals surface area contributed by atoms with Gasteiger partial charge in [0.2, 0.25) is 5.91 Å². The molecule has 0 aliphatic carbocycles. The molecule has 0 bridgehead atoms. The molecule has 1 atom stereocenters. The van der Waals surface area contributed by atoms with Crippen molar-refractivity contribution in [1.82, 2.24) is 15.1 Å². The van der Waals surface area contributed by atoms with Gasteiger partial charge in [-0.05, 0) is 45.2 Å². The molecular weight excluding hydrogens is 326 g/mol. The number of benzene rings is 1. The molecule has 1 amide bonds. The van der Waals surface area contributed by atoms with Gasteiger partial charge in [-0.25, -0.2) is 0 Å². The highest BCUT2D eigenvalue weighted by molar-refractivity contribution is 5.78. The SMILES string of the molecule is Cc1ccc(CN(C)CC(=O)NC2CCN(CC3CCCO3)CC2)cc1. The molecule has 0 spiro atoms. The van der Waals surface area contributed by atoms with Gasteiger partial charge in [0.25, 0.3) is 0 Å². The zero-order valence-electron chi connectivity index (χ0n) is 16.2. The molecule has 1 aromatic carbocycles. The van der Waals surface area contributed by atoms with Crippen molar-refractivity contribution in [3.05, 3.63) is 35.4 Å². The monoisotopic (exact) mass is 359 g/mol. The maximum absolute atomic E-state index is 12.3. The van der Waals surface area contributed by atoms with Crippen LogP contribution in [0, 0.1) is 6.92 Å². The van der Waals surface area contributed by atoms with E-state index in [1.54, 1.807) is 0 Å². The third kappa shape index (κ3) is 6.08. The minimum absolute atomic E-state index is 0.136. The van der Waals surface area contributed by atoms with Gasteiger partial charge in [-0.1, -0.05) is 29.8 Å². The minimum Gasteiger partial charge on any atom is -0.377 e. The van der Waals surface area contributed by atoms with Gasteiger partial charge in [0.15, 0.2) is 0 Å². The van der Waals surface area contributed by atoms with Crippen molar-refractivity contribution in [2.24, 2.45) is 0 Å². The number of amides is 1. The van der Waals surface area contributed by atoms with Crippen LogP contribution in [0.15, 0.2) is 24.3 Å². The molecule has 5 nitrogen and oxygen atoms in total. The summed E-state index contributed by atoms with van der Waals surface area (Å²) < 4.78 is 5.73. The van der Waals surface area contributed by atoms with Crippen LogP contribution in [-0.4, -0.2) is 67.7 Å². The molecule has 1 N–H and O–H groups in total. The average molecular weight is 360 g/mol. The van der Waals surface area contributed by atoms with Crippen LogP contribution in [0.3, 0.4) is 0 Å². The molecule has 2 aliphatic rings. The number of ether oxygens (including phenoxy) is 1. The summed E-state index contributed by atoms with van der Waals surface area (Å²) in [7, 11) is 2.00. The first-order valence-electron chi connectivity index (χ1n) is 9.96. The average Bonchev–Trinajstić information content (AvgIpc) is 3.11. The smallest absolute Gasteiger partial charge is 0.234 e. The molecule has 2 saturated heterocycles. The van der Waals surface area contributed by atoms with E-state index in [9.17, 15) is 4.79 Å². The van der Waals surface area contributed by atoms with Crippen molar-refractivity contribution in [3.63, 3.8) is 0 Å². The molecule has 2 aliphatic heterocycles. The van der Waals surface area contributed by atoms with Gasteiger partial charge in [-0.15, -0.1) is 0 Å². The van der Waals surface area contributed by atoms with Crippen molar-refractivity contribution in [1.29, 1.82) is 0 Å². The number of nitrogens with one attached hydrogen (secondary N) is 1. The Morgan fingerprint density at radius 2 is 1.96 bits per heavy atom. The van der Waals surface area contributed by atoms with Gasteiger partial charge in [0, 0.05) is 38.8 Å². The fourth-order valence-electron chi connectivity index (χ4n) is 3.92. The summed E-state index contributed by atoms with van der Waals surface area (Å²) in [5, 5.41) is 3.22. The topological polar surface area (TPSA) is 44.8 Å². The van der Waals surface area contributed by atoms with Gasteiger partial charge in [0.1, 0.15) is 0 Å². The first-order chi connectivity index (χ1) is 12.6. The Hall–Kier alpha value is -1.43. The Morgan fingerprint density at radius 1 is 1.23 bits per heavy atom. The van der Waals surface area contributed by atoms with Crippen molar-refractivity contribution >= 4 is 5.91 Å². The summed E-state index contributed by atoms with van der Waals surface area (Å²) in [4.78, 5) is 16.9. The highest BCUT2D eigenvalue weighted by atomic mass is 16.5. The predicted octanol–water partition coefficient (Wildman–Crippen LogP) is 2.19. The van der Waals surface area contributed by atoms with Crippen molar-refractivity contribution in [2.75, 3.05) is 39.8 Å². The van der Waals surface area contributed by atoms with E-state index in [4.69, 9.17) is 4.74 Å². The molecule has 0 aromatic heterocycles. The standard InChI is InChI=1S/C21H33N3O2/c1-17-5-7-18(8-6-17)14-23(2)16-21(25)22-19-9-11-24(12-10-19)15-20-4-3-13-26-20/h5-8,19-20H,3-4,9-16H2,1-2H3,(H,22,25). The Kier molecular flexibility index (Phi) is 7.06. The third-order valence-corrected chi connectivity index (χ3v) is 5.43. The van der Waals surface area contributed by atoms with Crippen LogP contribution in [0.1, 0.15) is 36.8 Å². The van der Waals surface area contributed by atoms with Gasteiger partial charge < -0.3 is 15.0 Å². The number of nitrogens with zero attached hydrogens (tertiary/aromatic N) is 2. The molecule has 1 aromatic rings. The van der Waals surface area contributed by atoms with Crippen molar-refractivity contribution in [3.8, 4) is 0 Å². The zero-order chi connectivity index (χ0) is 18.4. The van der Waals surface area contributed by atoms with Gasteiger partial charge in [-0.2, -0.15) is 0 Å². The minimum atomic E-state index is 0.136. The number of aryl methyl sites for hydroxylation is 1. The van der Waals surface area contributed by atoms with E-state index in [-0.39, 0.29) is 5.91 Å². The number of hydrogen-bond acceptors (Lipinski definition) is 4. The summed E-state index contributed by atoms with van der Waals surface area (Å²) in [5.74, 6) is 0.136. The Bertz CT molecular complexity index is 561. The lowest BCUT2D eigenvalue weighted by atomic mass is 10.0. The second kappa shape index (κ2) is 9.49. The lowest BCUT2D eigenvalue weighted by Gasteiger charge is -2.33. The highest BCUT2D eigenvalue weighted by Gasteiger charge is 2.24. The van der Waals surface area contributed by atoms with E-state index in [2.05, 4.69) is 46.3 Å². The maximum Gasteiger partial charge on any atom is 0.234 e. The van der Waals surface area contributed by atoms with E-state index >= 15 is 0 Å². The number of piperidine rings is 1. The summed E-state index contributed by atoms with van der Waals surface area (Å²) in [5.41, 5.74) is 2.51. The Labute approximate surface area is 157 Å². The quantitative estimate of drug-likeness (QED) is 0.811. The van der Waals surface area contributed by atoms with Gasteiger partial charge >= 0.3 is 0 Å². The highest BCUT2D eigenvalue weighted by Crippen LogP contribution is 2.17. The first kappa shape index (κ1) is 19.3. The molecule has 3 rings (SSSR count). The summed E-state index contributed by atoms with van der Waals surface area (Å²) in [6.07, 6.45) is 4.91. The first-order valence-corrected chi connectivity index (χ1v) is 9.96. The van der Waals surface area contributed by atoms with Crippen molar-refractivity contribution < 1.29 is 9.53 Å². The number of rotatable bonds is 7.